The molecule has 0 radical (unpaired) electrons. The van der Waals surface area contributed by atoms with Gasteiger partial charge >= 0.3 is 5.97 Å². The minimum Gasteiger partial charge on any atom is -0.481 e. The summed E-state index contributed by atoms with van der Waals surface area (Å²) >= 11 is 0. The standard InChI is InChI=1S/C24H26FNO5/c1-15(2)26-20-6-4-3-5-19(20)23(16-7-9-17(25)10-8-16)21(26)11-12-24(30,31)14-18(27)13-22(28)29/h3-12,15,18,27,30-31H,13-14H2,1-2H3,(H,28,29)/b12-11+/t18-/m0/s1. The number of carbonyl (C=O) groups is 1. The van der Waals surface area contributed by atoms with E-state index in [4.69, 9.17) is 5.11 Å². The van der Waals surface area contributed by atoms with Crippen LogP contribution < -0.4 is 0 Å². The number of benzene rings is 2. The highest BCUT2D eigenvalue weighted by Crippen LogP contribution is 2.38. The zero-order valence-corrected chi connectivity index (χ0v) is 17.4. The van der Waals surface area contributed by atoms with Crippen LogP contribution in [0.3, 0.4) is 0 Å². The number of para-hydroxylation sites is 1. The number of aromatic nitrogens is 1. The van der Waals surface area contributed by atoms with Crippen molar-refractivity contribution in [3.8, 4) is 11.1 Å². The maximum Gasteiger partial charge on any atom is 0.305 e. The number of carboxylic acid groups (broad SMARTS) is 1. The Hall–Kier alpha value is -3.00. The van der Waals surface area contributed by atoms with Gasteiger partial charge in [0.15, 0.2) is 5.79 Å². The highest BCUT2D eigenvalue weighted by Gasteiger charge is 2.26. The molecular weight excluding hydrogens is 401 g/mol. The number of fused-ring (bicyclic) bond motifs is 1. The fraction of sp³-hybridized carbons (Fsp3) is 0.292. The minimum absolute atomic E-state index is 0.0307. The lowest BCUT2D eigenvalue weighted by atomic mass is 10.00. The predicted octanol–water partition coefficient (Wildman–Crippen LogP) is 3.95. The van der Waals surface area contributed by atoms with Gasteiger partial charge < -0.3 is 25.0 Å². The van der Waals surface area contributed by atoms with E-state index in [1.807, 2.05) is 42.7 Å². The predicted molar refractivity (Wildman–Crippen MR) is 117 cm³/mol. The van der Waals surface area contributed by atoms with Crippen LogP contribution >= 0.6 is 0 Å². The topological polar surface area (TPSA) is 103 Å². The van der Waals surface area contributed by atoms with Crippen LogP contribution in [-0.4, -0.2) is 42.9 Å². The molecule has 3 aromatic rings. The van der Waals surface area contributed by atoms with Crippen molar-refractivity contribution < 1.29 is 29.6 Å². The average Bonchev–Trinajstić information content (AvgIpc) is 3.00. The Bertz CT molecular complexity index is 1100. The molecule has 4 N–H and O–H groups in total. The van der Waals surface area contributed by atoms with Crippen molar-refractivity contribution in [2.75, 3.05) is 0 Å². The molecule has 0 spiro atoms. The molecule has 0 bridgehead atoms. The number of aliphatic hydroxyl groups excluding tert-OH is 1. The van der Waals surface area contributed by atoms with Gasteiger partial charge in [0.1, 0.15) is 5.82 Å². The molecule has 0 aliphatic heterocycles. The third-order valence-electron chi connectivity index (χ3n) is 5.05. The quantitative estimate of drug-likeness (QED) is 0.408. The lowest BCUT2D eigenvalue weighted by Crippen LogP contribution is -2.31. The fourth-order valence-corrected chi connectivity index (χ4v) is 3.82. The van der Waals surface area contributed by atoms with Crippen LogP contribution in [0.4, 0.5) is 4.39 Å². The third kappa shape index (κ3) is 5.19. The molecule has 2 aromatic carbocycles. The van der Waals surface area contributed by atoms with E-state index in [0.717, 1.165) is 28.1 Å². The molecule has 1 atom stereocenters. The van der Waals surface area contributed by atoms with Crippen molar-refractivity contribution in [1.29, 1.82) is 0 Å². The van der Waals surface area contributed by atoms with E-state index < -0.39 is 30.7 Å². The van der Waals surface area contributed by atoms with Crippen LogP contribution in [0.25, 0.3) is 28.1 Å². The lowest BCUT2D eigenvalue weighted by molar-refractivity contribution is -0.150. The molecular formula is C24H26FNO5. The van der Waals surface area contributed by atoms with E-state index in [2.05, 4.69) is 0 Å². The second kappa shape index (κ2) is 9.01. The number of aliphatic hydroxyl groups is 3. The van der Waals surface area contributed by atoms with Crippen LogP contribution in [-0.2, 0) is 4.79 Å². The Morgan fingerprint density at radius 2 is 1.77 bits per heavy atom. The molecule has 1 heterocycles. The molecule has 0 amide bonds. The van der Waals surface area contributed by atoms with Crippen molar-refractivity contribution in [3.05, 3.63) is 66.1 Å². The van der Waals surface area contributed by atoms with Crippen LogP contribution in [0.15, 0.2) is 54.6 Å². The highest BCUT2D eigenvalue weighted by atomic mass is 19.1. The van der Waals surface area contributed by atoms with Gasteiger partial charge in [-0.15, -0.1) is 0 Å². The summed E-state index contributed by atoms with van der Waals surface area (Å²) in [5.41, 5.74) is 3.19. The molecule has 0 unspecified atom stereocenters. The molecule has 0 aliphatic carbocycles. The van der Waals surface area contributed by atoms with Crippen LogP contribution in [0.1, 0.15) is 38.4 Å². The van der Waals surface area contributed by atoms with Gasteiger partial charge in [-0.2, -0.15) is 0 Å². The van der Waals surface area contributed by atoms with Gasteiger partial charge in [0.05, 0.1) is 12.5 Å². The second-order valence-electron chi connectivity index (χ2n) is 7.92. The fourth-order valence-electron chi connectivity index (χ4n) is 3.82. The van der Waals surface area contributed by atoms with Gasteiger partial charge in [0.2, 0.25) is 0 Å². The van der Waals surface area contributed by atoms with Crippen LogP contribution in [0, 0.1) is 5.82 Å². The number of hydrogen-bond donors (Lipinski definition) is 4. The summed E-state index contributed by atoms with van der Waals surface area (Å²) in [5, 5.41) is 40.1. The highest BCUT2D eigenvalue weighted by molar-refractivity contribution is 6.01. The monoisotopic (exact) mass is 427 g/mol. The van der Waals surface area contributed by atoms with Crippen molar-refractivity contribution in [3.63, 3.8) is 0 Å². The van der Waals surface area contributed by atoms with E-state index in [1.54, 1.807) is 18.2 Å². The van der Waals surface area contributed by atoms with Crippen molar-refractivity contribution >= 4 is 22.9 Å². The molecule has 6 nitrogen and oxygen atoms in total. The Balaban J connectivity index is 2.13. The van der Waals surface area contributed by atoms with Gasteiger partial charge in [-0.05, 0) is 49.8 Å². The van der Waals surface area contributed by atoms with Gasteiger partial charge in [-0.1, -0.05) is 30.3 Å². The molecule has 164 valence electrons. The van der Waals surface area contributed by atoms with Gasteiger partial charge in [0, 0.05) is 34.6 Å². The number of halogens is 1. The first kappa shape index (κ1) is 22.7. The minimum atomic E-state index is -2.41. The number of nitrogens with zero attached hydrogens (tertiary/aromatic N) is 1. The van der Waals surface area contributed by atoms with E-state index >= 15 is 0 Å². The van der Waals surface area contributed by atoms with Gasteiger partial charge in [-0.3, -0.25) is 4.79 Å². The number of carboxylic acids is 1. The Morgan fingerprint density at radius 3 is 2.39 bits per heavy atom. The maximum absolute atomic E-state index is 13.5. The normalized spacial score (nSPS) is 13.4. The Labute approximate surface area is 179 Å². The summed E-state index contributed by atoms with van der Waals surface area (Å²) in [6.45, 7) is 4.00. The number of rotatable bonds is 8. The Kier molecular flexibility index (Phi) is 6.59. The third-order valence-corrected chi connectivity index (χ3v) is 5.05. The van der Waals surface area contributed by atoms with Crippen LogP contribution in [0.5, 0.6) is 0 Å². The number of hydrogen-bond acceptors (Lipinski definition) is 4. The van der Waals surface area contributed by atoms with Crippen molar-refractivity contribution in [2.24, 2.45) is 0 Å². The molecule has 31 heavy (non-hydrogen) atoms. The maximum atomic E-state index is 13.5. The zero-order chi connectivity index (χ0) is 22.8. The summed E-state index contributed by atoms with van der Waals surface area (Å²) in [7, 11) is 0. The zero-order valence-electron chi connectivity index (χ0n) is 17.4. The van der Waals surface area contributed by atoms with Crippen molar-refractivity contribution in [1.82, 2.24) is 4.57 Å². The molecule has 7 heteroatoms. The molecule has 0 fully saturated rings. The smallest absolute Gasteiger partial charge is 0.305 e. The van der Waals surface area contributed by atoms with E-state index in [9.17, 15) is 24.5 Å². The largest absolute Gasteiger partial charge is 0.481 e. The molecule has 1 aromatic heterocycles. The molecule has 3 rings (SSSR count). The van der Waals surface area contributed by atoms with Gasteiger partial charge in [0.25, 0.3) is 0 Å². The molecule has 0 aliphatic rings. The average molecular weight is 427 g/mol. The molecule has 0 saturated carbocycles. The van der Waals surface area contributed by atoms with Crippen molar-refractivity contribution in [2.45, 2.75) is 44.6 Å². The first-order chi connectivity index (χ1) is 14.6. The van der Waals surface area contributed by atoms with E-state index in [1.165, 1.54) is 12.1 Å². The van der Waals surface area contributed by atoms with E-state index in [-0.39, 0.29) is 11.9 Å². The number of aliphatic carboxylic acids is 1. The van der Waals surface area contributed by atoms with Gasteiger partial charge in [-0.25, -0.2) is 4.39 Å². The Morgan fingerprint density at radius 1 is 1.13 bits per heavy atom. The summed E-state index contributed by atoms with van der Waals surface area (Å²) in [6, 6.07) is 13.8. The first-order valence-corrected chi connectivity index (χ1v) is 10.0. The van der Waals surface area contributed by atoms with E-state index in [0.29, 0.717) is 5.69 Å². The lowest BCUT2D eigenvalue weighted by Gasteiger charge is -2.21. The summed E-state index contributed by atoms with van der Waals surface area (Å²) < 4.78 is 15.6. The van der Waals surface area contributed by atoms with Crippen LogP contribution in [0.2, 0.25) is 0 Å². The SMILES string of the molecule is CC(C)n1c(/C=C/C(O)(O)C[C@@H](O)CC(=O)O)c(-c2ccc(F)cc2)c2ccccc21. The first-order valence-electron chi connectivity index (χ1n) is 10.0. The summed E-state index contributed by atoms with van der Waals surface area (Å²) in [6.07, 6.45) is 0.127. The second-order valence-corrected chi connectivity index (χ2v) is 7.92. The summed E-state index contributed by atoms with van der Waals surface area (Å²) in [4.78, 5) is 10.7. The molecule has 0 saturated heterocycles. The summed E-state index contributed by atoms with van der Waals surface area (Å²) in [5.74, 6) is -4.00.